The molecule has 35 heavy (non-hydrogen) atoms. The van der Waals surface area contributed by atoms with Crippen LogP contribution < -0.4 is 10.0 Å². The number of fused-ring (bicyclic) bond motifs is 1. The first kappa shape index (κ1) is 22.6. The lowest BCUT2D eigenvalue weighted by Gasteiger charge is -2.23. The molecule has 4 aromatic rings. The van der Waals surface area contributed by atoms with Gasteiger partial charge in [0.05, 0.1) is 10.5 Å². The molecular formula is C26H20N2O6S. The second-order valence-electron chi connectivity index (χ2n) is 8.22. The fourth-order valence-electron chi connectivity index (χ4n) is 4.26. The summed E-state index contributed by atoms with van der Waals surface area (Å²) in [6, 6.07) is 20.3. The quantitative estimate of drug-likeness (QED) is 0.253. The average molecular weight is 489 g/mol. The summed E-state index contributed by atoms with van der Waals surface area (Å²) in [5, 5.41) is 18.3. The van der Waals surface area contributed by atoms with Gasteiger partial charge in [0.1, 0.15) is 23.3 Å². The van der Waals surface area contributed by atoms with Crippen molar-refractivity contribution >= 4 is 43.9 Å². The van der Waals surface area contributed by atoms with Gasteiger partial charge in [-0.05, 0) is 60.2 Å². The van der Waals surface area contributed by atoms with Crippen LogP contribution in [0.5, 0.6) is 0 Å². The zero-order chi connectivity index (χ0) is 24.9. The molecule has 1 amide bonds. The second-order valence-corrected chi connectivity index (χ2v) is 9.78. The highest BCUT2D eigenvalue weighted by Gasteiger charge is 2.48. The van der Waals surface area contributed by atoms with E-state index in [1.165, 1.54) is 29.2 Å². The van der Waals surface area contributed by atoms with E-state index in [1.807, 2.05) is 30.3 Å². The number of amides is 1. The molecule has 1 aliphatic rings. The van der Waals surface area contributed by atoms with E-state index in [0.29, 0.717) is 11.3 Å². The Kier molecular flexibility index (Phi) is 5.31. The monoisotopic (exact) mass is 488 g/mol. The Morgan fingerprint density at radius 3 is 2.26 bits per heavy atom. The highest BCUT2D eigenvalue weighted by atomic mass is 32.2. The maximum Gasteiger partial charge on any atom is 0.300 e. The van der Waals surface area contributed by atoms with Crippen molar-refractivity contribution < 1.29 is 27.5 Å². The minimum absolute atomic E-state index is 0.129. The molecular weight excluding hydrogens is 468 g/mol. The van der Waals surface area contributed by atoms with Gasteiger partial charge in [-0.25, -0.2) is 13.6 Å². The molecule has 5 rings (SSSR count). The number of sulfonamides is 1. The van der Waals surface area contributed by atoms with Crippen LogP contribution in [0.3, 0.4) is 0 Å². The number of aliphatic hydroxyl groups excluding tert-OH is 1. The van der Waals surface area contributed by atoms with Gasteiger partial charge < -0.3 is 9.52 Å². The molecule has 1 aromatic heterocycles. The maximum atomic E-state index is 13.2. The van der Waals surface area contributed by atoms with E-state index in [1.54, 1.807) is 31.2 Å². The number of aryl methyl sites for hydroxylation is 1. The Bertz CT molecular complexity index is 1630. The average Bonchev–Trinajstić information content (AvgIpc) is 3.38. The Labute approximate surface area is 200 Å². The van der Waals surface area contributed by atoms with Crippen molar-refractivity contribution in [3.63, 3.8) is 0 Å². The molecule has 1 unspecified atom stereocenters. The van der Waals surface area contributed by atoms with Gasteiger partial charge in [0, 0.05) is 11.3 Å². The highest BCUT2D eigenvalue weighted by Crippen LogP contribution is 2.43. The molecule has 0 saturated carbocycles. The van der Waals surface area contributed by atoms with Crippen molar-refractivity contribution in [2.45, 2.75) is 17.9 Å². The molecule has 0 spiro atoms. The van der Waals surface area contributed by atoms with Gasteiger partial charge in [-0.2, -0.15) is 0 Å². The van der Waals surface area contributed by atoms with E-state index in [0.717, 1.165) is 10.8 Å². The lowest BCUT2D eigenvalue weighted by molar-refractivity contribution is -0.132. The normalized spacial score (nSPS) is 17.9. The van der Waals surface area contributed by atoms with Gasteiger partial charge in [0.15, 0.2) is 0 Å². The fourth-order valence-corrected chi connectivity index (χ4v) is 4.77. The van der Waals surface area contributed by atoms with Crippen molar-refractivity contribution in [1.82, 2.24) is 0 Å². The van der Waals surface area contributed by atoms with Crippen LogP contribution in [-0.4, -0.2) is 25.2 Å². The van der Waals surface area contributed by atoms with Gasteiger partial charge in [-0.15, -0.1) is 0 Å². The summed E-state index contributed by atoms with van der Waals surface area (Å²) in [7, 11) is -3.95. The van der Waals surface area contributed by atoms with Crippen LogP contribution in [0.4, 0.5) is 5.69 Å². The molecule has 1 saturated heterocycles. The number of furan rings is 1. The number of hydrogen-bond donors (Lipinski definition) is 2. The van der Waals surface area contributed by atoms with Crippen LogP contribution in [0.15, 0.2) is 93.7 Å². The van der Waals surface area contributed by atoms with Crippen LogP contribution in [0.1, 0.15) is 23.1 Å². The molecule has 8 nitrogen and oxygen atoms in total. The number of rotatable bonds is 4. The molecule has 176 valence electrons. The Hall–Kier alpha value is -4.21. The minimum Gasteiger partial charge on any atom is -0.507 e. The Balaban J connectivity index is 1.69. The highest BCUT2D eigenvalue weighted by molar-refractivity contribution is 7.89. The third-order valence-corrected chi connectivity index (χ3v) is 6.87. The second kappa shape index (κ2) is 8.23. The summed E-state index contributed by atoms with van der Waals surface area (Å²) < 4.78 is 29.1. The number of hydrogen-bond acceptors (Lipinski definition) is 6. The lowest BCUT2D eigenvalue weighted by Crippen LogP contribution is -2.29. The molecule has 2 heterocycles. The first-order chi connectivity index (χ1) is 16.6. The van der Waals surface area contributed by atoms with Crippen molar-refractivity contribution in [2.75, 3.05) is 4.90 Å². The van der Waals surface area contributed by atoms with Crippen molar-refractivity contribution in [1.29, 1.82) is 0 Å². The number of carbonyl (C=O) groups excluding carboxylic acids is 2. The summed E-state index contributed by atoms with van der Waals surface area (Å²) in [4.78, 5) is 27.4. The number of carbonyl (C=O) groups is 2. The zero-order valence-corrected chi connectivity index (χ0v) is 19.3. The topological polar surface area (TPSA) is 131 Å². The molecule has 0 radical (unpaired) electrons. The number of nitrogens with two attached hydrogens (primary N) is 1. The summed E-state index contributed by atoms with van der Waals surface area (Å²) in [6.07, 6.45) is 0. The minimum atomic E-state index is -3.95. The number of ketones is 1. The van der Waals surface area contributed by atoms with Crippen molar-refractivity contribution in [3.8, 4) is 0 Å². The van der Waals surface area contributed by atoms with Crippen molar-refractivity contribution in [3.05, 3.63) is 102 Å². The summed E-state index contributed by atoms with van der Waals surface area (Å²) in [5.41, 5.74) is 0.491. The van der Waals surface area contributed by atoms with Gasteiger partial charge in [-0.1, -0.05) is 36.4 Å². The van der Waals surface area contributed by atoms with Gasteiger partial charge in [0.25, 0.3) is 11.7 Å². The number of primary sulfonamides is 1. The van der Waals surface area contributed by atoms with Gasteiger partial charge in [-0.3, -0.25) is 14.5 Å². The smallest absolute Gasteiger partial charge is 0.300 e. The molecule has 0 aliphatic carbocycles. The molecule has 9 heteroatoms. The number of anilines is 1. The Morgan fingerprint density at radius 2 is 1.63 bits per heavy atom. The largest absolute Gasteiger partial charge is 0.507 e. The molecule has 3 aromatic carbocycles. The number of aliphatic hydroxyl groups is 1. The number of benzene rings is 3. The van der Waals surface area contributed by atoms with Crippen LogP contribution >= 0.6 is 0 Å². The first-order valence-electron chi connectivity index (χ1n) is 10.6. The number of nitrogens with zero attached hydrogens (tertiary/aromatic N) is 1. The molecule has 1 atom stereocenters. The molecule has 0 bridgehead atoms. The summed E-state index contributed by atoms with van der Waals surface area (Å²) in [5.74, 6) is -1.27. The van der Waals surface area contributed by atoms with Crippen LogP contribution in [0.25, 0.3) is 16.5 Å². The molecule has 3 N–H and O–H groups in total. The third kappa shape index (κ3) is 3.90. The van der Waals surface area contributed by atoms with Crippen LogP contribution in [0.2, 0.25) is 0 Å². The first-order valence-corrected chi connectivity index (χ1v) is 12.2. The Morgan fingerprint density at radius 1 is 0.943 bits per heavy atom. The van der Waals surface area contributed by atoms with E-state index >= 15 is 0 Å². The van der Waals surface area contributed by atoms with E-state index in [-0.39, 0.29) is 27.7 Å². The summed E-state index contributed by atoms with van der Waals surface area (Å²) in [6.45, 7) is 1.72. The van der Waals surface area contributed by atoms with E-state index in [4.69, 9.17) is 9.56 Å². The predicted molar refractivity (Wildman–Crippen MR) is 130 cm³/mol. The number of Topliss-reactive ketones (excluding diaryl/α,β-unsaturated/α-hetero) is 1. The van der Waals surface area contributed by atoms with Gasteiger partial charge in [0.2, 0.25) is 10.0 Å². The third-order valence-electron chi connectivity index (χ3n) is 5.94. The zero-order valence-electron chi connectivity index (χ0n) is 18.5. The van der Waals surface area contributed by atoms with Crippen molar-refractivity contribution in [2.24, 2.45) is 5.14 Å². The molecule has 1 fully saturated rings. The predicted octanol–water partition coefficient (Wildman–Crippen LogP) is 4.01. The van der Waals surface area contributed by atoms with Crippen LogP contribution in [-0.2, 0) is 19.6 Å². The fraction of sp³-hybridized carbons (Fsp3) is 0.0769. The van der Waals surface area contributed by atoms with E-state index in [2.05, 4.69) is 0 Å². The lowest BCUT2D eigenvalue weighted by atomic mass is 9.97. The van der Waals surface area contributed by atoms with E-state index < -0.39 is 27.8 Å². The molecule has 1 aliphatic heterocycles. The van der Waals surface area contributed by atoms with E-state index in [9.17, 15) is 23.1 Å². The SMILES string of the molecule is Cc1ccc(C2/C(=C(/O)c3ccc4ccccc4c3)C(=O)C(=O)N2c2ccc(S(N)(=O)=O)cc2)o1. The van der Waals surface area contributed by atoms with Crippen LogP contribution in [0, 0.1) is 6.92 Å². The maximum absolute atomic E-state index is 13.2. The standard InChI is InChI=1S/C26H20N2O6S/c1-15-6-13-21(34-15)23-22(24(29)18-8-7-16-4-2-3-5-17(16)14-18)25(30)26(31)28(23)19-9-11-20(12-10-19)35(27,32)33/h2-14,23,29H,1H3,(H2,27,32,33)/b24-22-. The van der Waals surface area contributed by atoms with Gasteiger partial charge >= 0.3 is 0 Å². The summed E-state index contributed by atoms with van der Waals surface area (Å²) >= 11 is 0.